The first-order valence-corrected chi connectivity index (χ1v) is 4.90. The molecule has 2 aromatic rings. The minimum atomic E-state index is 0.413. The summed E-state index contributed by atoms with van der Waals surface area (Å²) in [7, 11) is 1.76. The minimum absolute atomic E-state index is 0.413. The third-order valence-corrected chi connectivity index (χ3v) is 2.43. The van der Waals surface area contributed by atoms with E-state index in [2.05, 4.69) is 10.3 Å². The lowest BCUT2D eigenvalue weighted by Crippen LogP contribution is -1.85. The first-order chi connectivity index (χ1) is 7.15. The number of aryl methyl sites for hydroxylation is 1. The zero-order chi connectivity index (χ0) is 10.8. The Morgan fingerprint density at radius 2 is 2.07 bits per heavy atom. The molecule has 0 bridgehead atoms. The van der Waals surface area contributed by atoms with Crippen molar-refractivity contribution in [2.24, 2.45) is 7.05 Å². The average Bonchev–Trinajstić information content (AvgIpc) is 2.58. The largest absolute Gasteiger partial charge is 0.436 e. The Kier molecular flexibility index (Phi) is 2.79. The van der Waals surface area contributed by atoms with Crippen molar-refractivity contribution in [3.8, 4) is 11.6 Å². The summed E-state index contributed by atoms with van der Waals surface area (Å²) in [6.45, 7) is 0. The van der Waals surface area contributed by atoms with Crippen LogP contribution in [0.1, 0.15) is 0 Å². The quantitative estimate of drug-likeness (QED) is 0.815. The normalized spacial score (nSPS) is 10.3. The van der Waals surface area contributed by atoms with Gasteiger partial charge in [0.05, 0.1) is 16.2 Å². The lowest BCUT2D eigenvalue weighted by molar-refractivity contribution is 0.461. The fourth-order valence-electron chi connectivity index (χ4n) is 1.03. The van der Waals surface area contributed by atoms with Crippen molar-refractivity contribution < 1.29 is 4.74 Å². The van der Waals surface area contributed by atoms with Crippen molar-refractivity contribution in [1.29, 1.82) is 0 Å². The molecule has 0 amide bonds. The molecule has 0 radical (unpaired) electrons. The molecule has 0 aliphatic heterocycles. The highest BCUT2D eigenvalue weighted by molar-refractivity contribution is 6.42. The Labute approximate surface area is 96.4 Å². The van der Waals surface area contributed by atoms with Gasteiger partial charge in [-0.2, -0.15) is 0 Å². The van der Waals surface area contributed by atoms with E-state index in [9.17, 15) is 0 Å². The van der Waals surface area contributed by atoms with E-state index in [4.69, 9.17) is 27.9 Å². The van der Waals surface area contributed by atoms with Crippen molar-refractivity contribution in [2.75, 3.05) is 0 Å². The van der Waals surface area contributed by atoms with Gasteiger partial charge < -0.3 is 4.74 Å². The van der Waals surface area contributed by atoms with Gasteiger partial charge in [0.25, 0.3) is 5.88 Å². The summed E-state index contributed by atoms with van der Waals surface area (Å²) in [5, 5.41) is 8.44. The second-order valence-electron chi connectivity index (χ2n) is 2.91. The summed E-state index contributed by atoms with van der Waals surface area (Å²) in [5.41, 5.74) is 0. The summed E-state index contributed by atoms with van der Waals surface area (Å²) in [6, 6.07) is 5.00. The number of rotatable bonds is 2. The van der Waals surface area contributed by atoms with E-state index in [-0.39, 0.29) is 0 Å². The molecular formula is C9H7Cl2N3O. The van der Waals surface area contributed by atoms with Crippen LogP contribution in [0.2, 0.25) is 10.0 Å². The van der Waals surface area contributed by atoms with Crippen LogP contribution < -0.4 is 4.74 Å². The SMILES string of the molecule is Cn1cc(Oc2ccc(Cl)c(Cl)c2)nn1. The van der Waals surface area contributed by atoms with Crippen LogP contribution in [-0.4, -0.2) is 15.0 Å². The summed E-state index contributed by atoms with van der Waals surface area (Å²) >= 11 is 11.6. The van der Waals surface area contributed by atoms with E-state index < -0.39 is 0 Å². The molecule has 0 saturated heterocycles. The minimum Gasteiger partial charge on any atom is -0.436 e. The highest BCUT2D eigenvalue weighted by Gasteiger charge is 2.03. The van der Waals surface area contributed by atoms with Crippen LogP contribution in [0.4, 0.5) is 0 Å². The second kappa shape index (κ2) is 4.08. The highest BCUT2D eigenvalue weighted by Crippen LogP contribution is 2.28. The molecular weight excluding hydrogens is 237 g/mol. The number of hydrogen-bond donors (Lipinski definition) is 0. The molecule has 2 rings (SSSR count). The monoisotopic (exact) mass is 243 g/mol. The van der Waals surface area contributed by atoms with Crippen LogP contribution in [0.25, 0.3) is 0 Å². The molecule has 1 aromatic carbocycles. The number of aromatic nitrogens is 3. The van der Waals surface area contributed by atoms with Gasteiger partial charge in [-0.15, -0.1) is 0 Å². The third kappa shape index (κ3) is 2.40. The van der Waals surface area contributed by atoms with Gasteiger partial charge in [-0.25, -0.2) is 0 Å². The van der Waals surface area contributed by atoms with Crippen LogP contribution in [0.3, 0.4) is 0 Å². The molecule has 0 aliphatic rings. The first-order valence-electron chi connectivity index (χ1n) is 4.14. The maximum Gasteiger partial charge on any atom is 0.258 e. The standard InChI is InChI=1S/C9H7Cl2N3O/c1-14-5-9(12-13-14)15-6-2-3-7(10)8(11)4-6/h2-5H,1H3. The number of benzene rings is 1. The zero-order valence-corrected chi connectivity index (χ0v) is 9.33. The van der Waals surface area contributed by atoms with Gasteiger partial charge in [0, 0.05) is 13.1 Å². The number of ether oxygens (including phenoxy) is 1. The van der Waals surface area contributed by atoms with Crippen LogP contribution >= 0.6 is 23.2 Å². The van der Waals surface area contributed by atoms with Gasteiger partial charge in [0.15, 0.2) is 0 Å². The van der Waals surface area contributed by atoms with Crippen LogP contribution in [0.5, 0.6) is 11.6 Å². The first kappa shape index (κ1) is 10.3. The Morgan fingerprint density at radius 1 is 1.27 bits per heavy atom. The van der Waals surface area contributed by atoms with Gasteiger partial charge in [-0.05, 0) is 12.1 Å². The smallest absolute Gasteiger partial charge is 0.258 e. The van der Waals surface area contributed by atoms with Gasteiger partial charge >= 0.3 is 0 Å². The van der Waals surface area contributed by atoms with Gasteiger partial charge in [0.1, 0.15) is 5.75 Å². The predicted octanol–water partition coefficient (Wildman–Crippen LogP) is 2.91. The van der Waals surface area contributed by atoms with Crippen LogP contribution in [0, 0.1) is 0 Å². The predicted molar refractivity (Wildman–Crippen MR) is 57.5 cm³/mol. The van der Waals surface area contributed by atoms with E-state index in [0.717, 1.165) is 0 Å². The van der Waals surface area contributed by atoms with Crippen LogP contribution in [0.15, 0.2) is 24.4 Å². The average molecular weight is 244 g/mol. The summed E-state index contributed by atoms with van der Waals surface area (Å²) < 4.78 is 6.95. The highest BCUT2D eigenvalue weighted by atomic mass is 35.5. The molecule has 1 aromatic heterocycles. The van der Waals surface area contributed by atoms with E-state index in [1.165, 1.54) is 0 Å². The lowest BCUT2D eigenvalue weighted by Gasteiger charge is -2.02. The Hall–Kier alpha value is -1.26. The van der Waals surface area contributed by atoms with E-state index in [1.807, 2.05) is 0 Å². The molecule has 15 heavy (non-hydrogen) atoms. The number of nitrogens with zero attached hydrogens (tertiary/aromatic N) is 3. The van der Waals surface area contributed by atoms with Gasteiger partial charge in [-0.3, -0.25) is 4.68 Å². The molecule has 0 N–H and O–H groups in total. The molecule has 0 atom stereocenters. The summed E-state index contributed by atoms with van der Waals surface area (Å²) in [4.78, 5) is 0. The topological polar surface area (TPSA) is 39.9 Å². The molecule has 0 saturated carbocycles. The van der Waals surface area contributed by atoms with Gasteiger partial charge in [0.2, 0.25) is 0 Å². The lowest BCUT2D eigenvalue weighted by atomic mass is 10.3. The van der Waals surface area contributed by atoms with Crippen molar-refractivity contribution in [2.45, 2.75) is 0 Å². The van der Waals surface area contributed by atoms with Crippen molar-refractivity contribution in [1.82, 2.24) is 15.0 Å². The van der Waals surface area contributed by atoms with Crippen LogP contribution in [-0.2, 0) is 7.05 Å². The number of halogens is 2. The molecule has 0 spiro atoms. The van der Waals surface area contributed by atoms with Crippen molar-refractivity contribution >= 4 is 23.2 Å². The van der Waals surface area contributed by atoms with E-state index in [0.29, 0.717) is 21.7 Å². The molecule has 0 unspecified atom stereocenters. The zero-order valence-electron chi connectivity index (χ0n) is 7.82. The maximum atomic E-state index is 5.83. The Bertz CT molecular complexity index is 484. The fourth-order valence-corrected chi connectivity index (χ4v) is 1.32. The summed E-state index contributed by atoms with van der Waals surface area (Å²) in [5.74, 6) is 0.987. The molecule has 1 heterocycles. The van der Waals surface area contributed by atoms with E-state index >= 15 is 0 Å². The molecule has 0 aliphatic carbocycles. The maximum absolute atomic E-state index is 5.83. The number of hydrogen-bond acceptors (Lipinski definition) is 3. The van der Waals surface area contributed by atoms with Crippen molar-refractivity contribution in [3.63, 3.8) is 0 Å². The second-order valence-corrected chi connectivity index (χ2v) is 3.72. The summed E-state index contributed by atoms with van der Waals surface area (Å²) in [6.07, 6.45) is 1.66. The van der Waals surface area contributed by atoms with Crippen molar-refractivity contribution in [3.05, 3.63) is 34.4 Å². The molecule has 78 valence electrons. The fraction of sp³-hybridized carbons (Fsp3) is 0.111. The molecule has 0 fully saturated rings. The Morgan fingerprint density at radius 3 is 2.67 bits per heavy atom. The third-order valence-electron chi connectivity index (χ3n) is 1.70. The Balaban J connectivity index is 2.21. The molecule has 4 nitrogen and oxygen atoms in total. The molecule has 6 heteroatoms. The van der Waals surface area contributed by atoms with Gasteiger partial charge in [-0.1, -0.05) is 33.5 Å². The van der Waals surface area contributed by atoms with E-state index in [1.54, 1.807) is 36.1 Å².